The van der Waals surface area contributed by atoms with Crippen LogP contribution in [0.25, 0.3) is 0 Å². The highest BCUT2D eigenvalue weighted by Crippen LogP contribution is 2.31. The number of rotatable bonds is 5. The molecule has 0 saturated heterocycles. The van der Waals surface area contributed by atoms with Crippen LogP contribution in [0.3, 0.4) is 0 Å². The van der Waals surface area contributed by atoms with E-state index in [9.17, 15) is 8.42 Å². The molecule has 0 radical (unpaired) electrons. The first-order chi connectivity index (χ1) is 8.31. The Balaban J connectivity index is 3.21. The maximum absolute atomic E-state index is 12.0. The molecule has 1 rings (SSSR count). The van der Waals surface area contributed by atoms with Crippen molar-refractivity contribution in [2.45, 2.75) is 10.9 Å². The number of sulfonamides is 1. The number of halogens is 2. The molecule has 102 valence electrons. The quantitative estimate of drug-likeness (QED) is 0.580. The topological polar surface area (TPSA) is 113 Å². The van der Waals surface area contributed by atoms with E-state index in [1.807, 2.05) is 0 Å². The number of aliphatic hydroxyl groups excluding tert-OH is 2. The summed E-state index contributed by atoms with van der Waals surface area (Å²) >= 11 is 11.6. The Morgan fingerprint density at radius 2 is 1.67 bits per heavy atom. The summed E-state index contributed by atoms with van der Waals surface area (Å²) in [5, 5.41) is 17.4. The second-order valence-electron chi connectivity index (χ2n) is 3.50. The van der Waals surface area contributed by atoms with Crippen molar-refractivity contribution in [1.82, 2.24) is 4.72 Å². The molecule has 0 aromatic heterocycles. The highest BCUT2D eigenvalue weighted by molar-refractivity contribution is 7.89. The smallest absolute Gasteiger partial charge is 0.243 e. The van der Waals surface area contributed by atoms with Crippen LogP contribution in [0.15, 0.2) is 17.0 Å². The van der Waals surface area contributed by atoms with E-state index in [0.717, 1.165) is 0 Å². The number of aliphatic hydroxyl groups is 2. The molecule has 0 amide bonds. The molecule has 0 heterocycles. The Morgan fingerprint density at radius 1 is 1.22 bits per heavy atom. The SMILES string of the molecule is Nc1cc(Cl)c(S(=O)(=O)NC(CO)CO)c(Cl)c1. The lowest BCUT2D eigenvalue weighted by molar-refractivity contribution is 0.185. The molecule has 9 heteroatoms. The first-order valence-corrected chi connectivity index (χ1v) is 7.04. The molecular formula is C9H12Cl2N2O4S. The fourth-order valence-corrected chi connectivity index (χ4v) is 3.70. The highest BCUT2D eigenvalue weighted by atomic mass is 35.5. The van der Waals surface area contributed by atoms with Crippen molar-refractivity contribution in [2.75, 3.05) is 18.9 Å². The van der Waals surface area contributed by atoms with E-state index in [4.69, 9.17) is 39.1 Å². The van der Waals surface area contributed by atoms with Gasteiger partial charge in [-0.2, -0.15) is 0 Å². The lowest BCUT2D eigenvalue weighted by Crippen LogP contribution is -2.40. The number of hydrogen-bond acceptors (Lipinski definition) is 5. The van der Waals surface area contributed by atoms with Crippen molar-refractivity contribution in [2.24, 2.45) is 0 Å². The number of nitrogen functional groups attached to an aromatic ring is 1. The van der Waals surface area contributed by atoms with Gasteiger partial charge in [0.05, 0.1) is 29.3 Å². The summed E-state index contributed by atoms with van der Waals surface area (Å²) in [5.74, 6) is 0. The predicted molar refractivity (Wildman–Crippen MR) is 69.2 cm³/mol. The summed E-state index contributed by atoms with van der Waals surface area (Å²) in [6, 6.07) is 1.46. The molecular weight excluding hydrogens is 303 g/mol. The van der Waals surface area contributed by atoms with Crippen LogP contribution in [0, 0.1) is 0 Å². The lowest BCUT2D eigenvalue weighted by atomic mass is 10.3. The summed E-state index contributed by atoms with van der Waals surface area (Å²) in [7, 11) is -4.05. The summed E-state index contributed by atoms with van der Waals surface area (Å²) < 4.78 is 26.0. The second kappa shape index (κ2) is 6.05. The molecule has 1 aromatic rings. The van der Waals surface area contributed by atoms with Gasteiger partial charge >= 0.3 is 0 Å². The fourth-order valence-electron chi connectivity index (χ4n) is 1.25. The van der Waals surface area contributed by atoms with Gasteiger partial charge in [0.1, 0.15) is 4.90 Å². The number of hydrogen-bond donors (Lipinski definition) is 4. The van der Waals surface area contributed by atoms with Crippen molar-refractivity contribution in [3.05, 3.63) is 22.2 Å². The van der Waals surface area contributed by atoms with Crippen LogP contribution in [-0.2, 0) is 10.0 Å². The van der Waals surface area contributed by atoms with Gasteiger partial charge in [-0.3, -0.25) is 0 Å². The summed E-state index contributed by atoms with van der Waals surface area (Å²) in [6.07, 6.45) is 0. The highest BCUT2D eigenvalue weighted by Gasteiger charge is 2.25. The number of nitrogens with two attached hydrogens (primary N) is 1. The van der Waals surface area contributed by atoms with E-state index in [2.05, 4.69) is 4.72 Å². The van der Waals surface area contributed by atoms with Gasteiger partial charge in [0, 0.05) is 5.69 Å². The lowest BCUT2D eigenvalue weighted by Gasteiger charge is -2.15. The minimum atomic E-state index is -4.05. The molecule has 6 nitrogen and oxygen atoms in total. The monoisotopic (exact) mass is 314 g/mol. The van der Waals surface area contributed by atoms with Gasteiger partial charge in [0.2, 0.25) is 10.0 Å². The van der Waals surface area contributed by atoms with E-state index in [1.54, 1.807) is 0 Å². The van der Waals surface area contributed by atoms with Crippen molar-refractivity contribution < 1.29 is 18.6 Å². The van der Waals surface area contributed by atoms with Crippen LogP contribution in [0.1, 0.15) is 0 Å². The van der Waals surface area contributed by atoms with Crippen molar-refractivity contribution in [1.29, 1.82) is 0 Å². The molecule has 18 heavy (non-hydrogen) atoms. The average molecular weight is 315 g/mol. The Morgan fingerprint density at radius 3 is 2.06 bits per heavy atom. The normalized spacial score (nSPS) is 12.1. The van der Waals surface area contributed by atoms with E-state index >= 15 is 0 Å². The first-order valence-electron chi connectivity index (χ1n) is 4.80. The molecule has 0 aliphatic rings. The predicted octanol–water partition coefficient (Wildman–Crippen LogP) is 0.207. The van der Waals surface area contributed by atoms with Crippen LogP contribution in [0.5, 0.6) is 0 Å². The third-order valence-corrected chi connectivity index (χ3v) is 4.49. The third kappa shape index (κ3) is 3.47. The number of benzene rings is 1. The molecule has 0 spiro atoms. The van der Waals surface area contributed by atoms with Gasteiger partial charge in [-0.25, -0.2) is 13.1 Å². The van der Waals surface area contributed by atoms with Gasteiger partial charge in [0.15, 0.2) is 0 Å². The zero-order chi connectivity index (χ0) is 13.9. The van der Waals surface area contributed by atoms with E-state index in [1.165, 1.54) is 12.1 Å². The molecule has 0 atom stereocenters. The summed E-state index contributed by atoms with van der Waals surface area (Å²) in [6.45, 7) is -1.11. The van der Waals surface area contributed by atoms with Crippen molar-refractivity contribution >= 4 is 38.9 Å². The van der Waals surface area contributed by atoms with Crippen LogP contribution in [0.2, 0.25) is 10.0 Å². The van der Waals surface area contributed by atoms with Gasteiger partial charge in [-0.1, -0.05) is 23.2 Å². The van der Waals surface area contributed by atoms with Crippen LogP contribution < -0.4 is 10.5 Å². The van der Waals surface area contributed by atoms with E-state index in [0.29, 0.717) is 0 Å². The summed E-state index contributed by atoms with van der Waals surface area (Å²) in [4.78, 5) is -0.341. The molecule has 0 aliphatic carbocycles. The molecule has 0 fully saturated rings. The number of nitrogens with one attached hydrogen (secondary N) is 1. The van der Waals surface area contributed by atoms with Crippen LogP contribution >= 0.6 is 23.2 Å². The Bertz CT molecular complexity index is 508. The van der Waals surface area contributed by atoms with Gasteiger partial charge in [-0.15, -0.1) is 0 Å². The van der Waals surface area contributed by atoms with Gasteiger partial charge in [-0.05, 0) is 12.1 Å². The standard InChI is InChI=1S/C9H12Cl2N2O4S/c10-7-1-5(12)2-8(11)9(7)18(16,17)13-6(3-14)4-15/h1-2,6,13-15H,3-4,12H2. The summed E-state index contributed by atoms with van der Waals surface area (Å²) in [5.41, 5.74) is 5.69. The molecule has 0 bridgehead atoms. The van der Waals surface area contributed by atoms with Gasteiger partial charge in [0.25, 0.3) is 0 Å². The van der Waals surface area contributed by atoms with Gasteiger partial charge < -0.3 is 15.9 Å². The Hall–Kier alpha value is -0.570. The Kier molecular flexibility index (Phi) is 5.20. The maximum Gasteiger partial charge on any atom is 0.243 e. The van der Waals surface area contributed by atoms with E-state index in [-0.39, 0.29) is 20.6 Å². The minimum Gasteiger partial charge on any atom is -0.399 e. The zero-order valence-electron chi connectivity index (χ0n) is 9.10. The average Bonchev–Trinajstić information content (AvgIpc) is 2.23. The zero-order valence-corrected chi connectivity index (χ0v) is 11.4. The van der Waals surface area contributed by atoms with Crippen LogP contribution in [-0.4, -0.2) is 37.9 Å². The van der Waals surface area contributed by atoms with Crippen LogP contribution in [0.4, 0.5) is 5.69 Å². The Labute approximate surface area is 114 Å². The molecule has 0 saturated carbocycles. The third-order valence-electron chi connectivity index (χ3n) is 2.05. The molecule has 1 aromatic carbocycles. The van der Waals surface area contributed by atoms with E-state index < -0.39 is 29.3 Å². The van der Waals surface area contributed by atoms with Crippen molar-refractivity contribution in [3.8, 4) is 0 Å². The molecule has 0 aliphatic heterocycles. The first kappa shape index (κ1) is 15.5. The maximum atomic E-state index is 12.0. The molecule has 5 N–H and O–H groups in total. The largest absolute Gasteiger partial charge is 0.399 e. The minimum absolute atomic E-state index is 0.137. The molecule has 0 unspecified atom stereocenters. The van der Waals surface area contributed by atoms with Crippen molar-refractivity contribution in [3.63, 3.8) is 0 Å². The second-order valence-corrected chi connectivity index (χ2v) is 5.96. The number of anilines is 1. The fraction of sp³-hybridized carbons (Fsp3) is 0.333.